The van der Waals surface area contributed by atoms with Crippen molar-refractivity contribution in [3.05, 3.63) is 89.4 Å². The molecule has 1 amide bonds. The molecule has 5 rings (SSSR count). The number of carbonyl (C=O) groups excluding carboxylic acids is 1. The number of aromatic amines is 1. The van der Waals surface area contributed by atoms with E-state index in [4.69, 9.17) is 9.47 Å². The summed E-state index contributed by atoms with van der Waals surface area (Å²) >= 11 is 0. The highest BCUT2D eigenvalue weighted by molar-refractivity contribution is 5.85. The van der Waals surface area contributed by atoms with Crippen LogP contribution in [0.2, 0.25) is 0 Å². The third kappa shape index (κ3) is 5.69. The Labute approximate surface area is 211 Å². The van der Waals surface area contributed by atoms with E-state index in [2.05, 4.69) is 50.5 Å². The minimum atomic E-state index is 0.0279. The van der Waals surface area contributed by atoms with Crippen LogP contribution in [0, 0.1) is 0 Å². The summed E-state index contributed by atoms with van der Waals surface area (Å²) < 4.78 is 11.7. The van der Waals surface area contributed by atoms with Crippen LogP contribution in [0.1, 0.15) is 28.8 Å². The summed E-state index contributed by atoms with van der Waals surface area (Å²) in [4.78, 5) is 22.8. The van der Waals surface area contributed by atoms with Gasteiger partial charge in [0.05, 0.1) is 20.3 Å². The molecule has 0 saturated heterocycles. The zero-order valence-corrected chi connectivity index (χ0v) is 20.6. The van der Waals surface area contributed by atoms with E-state index >= 15 is 0 Å². The highest BCUT2D eigenvalue weighted by atomic mass is 16.5. The fourth-order valence-electron chi connectivity index (χ4n) is 4.86. The van der Waals surface area contributed by atoms with Crippen molar-refractivity contribution in [2.45, 2.75) is 25.8 Å². The molecule has 4 aromatic rings. The number of amides is 1. The van der Waals surface area contributed by atoms with E-state index in [1.54, 1.807) is 13.3 Å². The molecular formula is C29H32N4O3. The Kier molecular flexibility index (Phi) is 7.47. The van der Waals surface area contributed by atoms with Crippen molar-refractivity contribution in [1.29, 1.82) is 0 Å². The molecule has 2 bridgehead atoms. The van der Waals surface area contributed by atoms with E-state index in [0.717, 1.165) is 59.6 Å². The molecule has 7 heteroatoms. The van der Waals surface area contributed by atoms with Crippen LogP contribution in [0.3, 0.4) is 0 Å². The fraction of sp³-hybridized carbons (Fsp3) is 0.310. The first-order valence-electron chi connectivity index (χ1n) is 12.5. The zero-order valence-electron chi connectivity index (χ0n) is 20.6. The molecular weight excluding hydrogens is 452 g/mol. The maximum atomic E-state index is 12.9. The number of ether oxygens (including phenoxy) is 2. The van der Waals surface area contributed by atoms with Crippen LogP contribution < -0.4 is 14.8 Å². The van der Waals surface area contributed by atoms with Crippen LogP contribution in [-0.2, 0) is 24.2 Å². The minimum Gasteiger partial charge on any atom is -0.493 e. The average Bonchev–Trinajstić information content (AvgIpc) is 3.23. The van der Waals surface area contributed by atoms with Crippen LogP contribution in [0.15, 0.2) is 67.0 Å². The van der Waals surface area contributed by atoms with Gasteiger partial charge in [0.2, 0.25) is 5.91 Å². The average molecular weight is 485 g/mol. The standard InChI is InChI=1S/C29H32N4O3/c1-35-27-10-9-21-16-26-24(23-7-2-3-8-25(23)32-26)11-13-31-29(34)20-33(14-5-15-36-28(27)17-21)19-22-6-4-12-30-18-22/h2-4,6-10,12,17-18,32H,5,11,13-16,19-20H2,1H3,(H,31,34). The third-order valence-electron chi connectivity index (χ3n) is 6.58. The van der Waals surface area contributed by atoms with Crippen molar-refractivity contribution < 1.29 is 14.3 Å². The van der Waals surface area contributed by atoms with Crippen LogP contribution in [0.5, 0.6) is 11.5 Å². The van der Waals surface area contributed by atoms with E-state index in [1.807, 2.05) is 30.5 Å². The Morgan fingerprint density at radius 2 is 2.06 bits per heavy atom. The Morgan fingerprint density at radius 1 is 1.14 bits per heavy atom. The van der Waals surface area contributed by atoms with Crippen molar-refractivity contribution in [3.8, 4) is 11.5 Å². The summed E-state index contributed by atoms with van der Waals surface area (Å²) in [5.74, 6) is 1.50. The first-order valence-corrected chi connectivity index (χ1v) is 12.5. The number of pyridine rings is 1. The lowest BCUT2D eigenvalue weighted by atomic mass is 10.0. The Morgan fingerprint density at radius 3 is 2.92 bits per heavy atom. The number of aromatic nitrogens is 2. The number of methoxy groups -OCH3 is 1. The van der Waals surface area contributed by atoms with E-state index < -0.39 is 0 Å². The number of H-pyrrole nitrogens is 1. The van der Waals surface area contributed by atoms with Gasteiger partial charge in [-0.25, -0.2) is 0 Å². The minimum absolute atomic E-state index is 0.0279. The first kappa shape index (κ1) is 23.9. The molecule has 0 aliphatic carbocycles. The second kappa shape index (κ2) is 11.3. The topological polar surface area (TPSA) is 79.5 Å². The highest BCUT2D eigenvalue weighted by Crippen LogP contribution is 2.31. The monoisotopic (exact) mass is 484 g/mol. The number of hydrogen-bond acceptors (Lipinski definition) is 5. The van der Waals surface area contributed by atoms with Gasteiger partial charge < -0.3 is 19.8 Å². The lowest BCUT2D eigenvalue weighted by Gasteiger charge is -2.22. The molecule has 0 radical (unpaired) electrons. The number of nitrogens with one attached hydrogen (secondary N) is 2. The molecule has 0 spiro atoms. The molecule has 36 heavy (non-hydrogen) atoms. The Balaban J connectivity index is 1.43. The number of para-hydroxylation sites is 1. The van der Waals surface area contributed by atoms with E-state index in [1.165, 1.54) is 10.9 Å². The van der Waals surface area contributed by atoms with Gasteiger partial charge >= 0.3 is 0 Å². The van der Waals surface area contributed by atoms with Crippen molar-refractivity contribution in [3.63, 3.8) is 0 Å². The smallest absolute Gasteiger partial charge is 0.234 e. The molecule has 2 N–H and O–H groups in total. The predicted octanol–water partition coefficient (Wildman–Crippen LogP) is 4.11. The summed E-state index contributed by atoms with van der Waals surface area (Å²) in [5, 5.41) is 4.34. The van der Waals surface area contributed by atoms with Gasteiger partial charge in [0.1, 0.15) is 0 Å². The Bertz CT molecular complexity index is 1320. The molecule has 1 aliphatic heterocycles. The summed E-state index contributed by atoms with van der Waals surface area (Å²) in [7, 11) is 1.66. The molecule has 3 heterocycles. The van der Waals surface area contributed by atoms with Gasteiger partial charge in [-0.05, 0) is 53.8 Å². The van der Waals surface area contributed by atoms with E-state index in [-0.39, 0.29) is 5.91 Å². The maximum absolute atomic E-state index is 12.9. The van der Waals surface area contributed by atoms with Gasteiger partial charge in [0.25, 0.3) is 0 Å². The molecule has 2 aromatic heterocycles. The van der Waals surface area contributed by atoms with Gasteiger partial charge in [-0.15, -0.1) is 0 Å². The van der Waals surface area contributed by atoms with Crippen molar-refractivity contribution in [2.24, 2.45) is 0 Å². The van der Waals surface area contributed by atoms with Crippen molar-refractivity contribution in [1.82, 2.24) is 20.2 Å². The number of benzene rings is 2. The summed E-state index contributed by atoms with van der Waals surface area (Å²) in [6.07, 6.45) is 5.90. The van der Waals surface area contributed by atoms with Gasteiger partial charge in [0.15, 0.2) is 11.5 Å². The molecule has 1 aliphatic rings. The summed E-state index contributed by atoms with van der Waals surface area (Å²) in [6.45, 7) is 2.84. The number of nitrogens with zero attached hydrogens (tertiary/aromatic N) is 2. The first-order chi connectivity index (χ1) is 17.7. The van der Waals surface area contributed by atoms with Crippen LogP contribution in [0.4, 0.5) is 0 Å². The summed E-state index contributed by atoms with van der Waals surface area (Å²) in [6, 6.07) is 18.4. The second-order valence-electron chi connectivity index (χ2n) is 9.16. The lowest BCUT2D eigenvalue weighted by molar-refractivity contribution is -0.122. The summed E-state index contributed by atoms with van der Waals surface area (Å²) in [5.41, 5.74) is 5.74. The number of hydrogen-bond donors (Lipinski definition) is 2. The molecule has 0 unspecified atom stereocenters. The maximum Gasteiger partial charge on any atom is 0.234 e. The predicted molar refractivity (Wildman–Crippen MR) is 140 cm³/mol. The van der Waals surface area contributed by atoms with Crippen LogP contribution in [-0.4, -0.2) is 54.1 Å². The van der Waals surface area contributed by atoms with Gasteiger partial charge in [-0.1, -0.05) is 30.3 Å². The molecule has 2 aromatic carbocycles. The van der Waals surface area contributed by atoms with E-state index in [9.17, 15) is 4.79 Å². The molecule has 0 fully saturated rings. The van der Waals surface area contributed by atoms with Crippen molar-refractivity contribution in [2.75, 3.05) is 33.4 Å². The zero-order chi connectivity index (χ0) is 24.7. The van der Waals surface area contributed by atoms with Crippen molar-refractivity contribution >= 4 is 16.8 Å². The Hall–Kier alpha value is -3.84. The largest absolute Gasteiger partial charge is 0.493 e. The lowest BCUT2D eigenvalue weighted by Crippen LogP contribution is -2.38. The fourth-order valence-corrected chi connectivity index (χ4v) is 4.86. The number of carbonyl (C=O) groups is 1. The molecule has 0 saturated carbocycles. The quantitative estimate of drug-likeness (QED) is 0.458. The molecule has 7 nitrogen and oxygen atoms in total. The van der Waals surface area contributed by atoms with E-state index in [0.29, 0.717) is 26.2 Å². The molecule has 0 atom stereocenters. The number of rotatable bonds is 3. The normalized spacial score (nSPS) is 15.6. The van der Waals surface area contributed by atoms with Crippen LogP contribution in [0.25, 0.3) is 10.9 Å². The molecule has 186 valence electrons. The third-order valence-corrected chi connectivity index (χ3v) is 6.58. The number of fused-ring (bicyclic) bond motifs is 5. The van der Waals surface area contributed by atoms with Gasteiger partial charge in [0, 0.05) is 55.0 Å². The highest BCUT2D eigenvalue weighted by Gasteiger charge is 2.16. The van der Waals surface area contributed by atoms with Gasteiger partial charge in [-0.3, -0.25) is 14.7 Å². The second-order valence-corrected chi connectivity index (χ2v) is 9.16. The SMILES string of the molecule is COc1ccc2cc1OCCCN(Cc1cccnc1)CC(=O)NCCc1c([nH]c3ccccc13)C2. The van der Waals surface area contributed by atoms with Crippen LogP contribution >= 0.6 is 0 Å². The van der Waals surface area contributed by atoms with Gasteiger partial charge in [-0.2, -0.15) is 0 Å².